The van der Waals surface area contributed by atoms with Gasteiger partial charge in [-0.2, -0.15) is 0 Å². The molecule has 1 heterocycles. The lowest BCUT2D eigenvalue weighted by molar-refractivity contribution is 1.18. The molecule has 0 atom stereocenters. The van der Waals surface area contributed by atoms with Gasteiger partial charge in [-0.15, -0.1) is 0 Å². The van der Waals surface area contributed by atoms with Crippen molar-refractivity contribution in [3.05, 3.63) is 194 Å². The van der Waals surface area contributed by atoms with Crippen molar-refractivity contribution < 1.29 is 0 Å². The number of hydrogen-bond acceptors (Lipinski definition) is 2. The average Bonchev–Trinajstić information content (AvgIpc) is 3.19. The molecule has 226 valence electrons. The largest absolute Gasteiger partial charge is 0.228 e. The Labute approximate surface area is 281 Å². The summed E-state index contributed by atoms with van der Waals surface area (Å²) in [5.41, 5.74) is 14.5. The molecule has 2 heteroatoms. The molecule has 8 rings (SSSR count). The normalized spacial score (nSPS) is 10.9. The van der Waals surface area contributed by atoms with Gasteiger partial charge in [0.05, 0.1) is 11.4 Å². The number of benzene rings is 7. The van der Waals surface area contributed by atoms with Crippen LogP contribution in [0.2, 0.25) is 0 Å². The van der Waals surface area contributed by atoms with Crippen molar-refractivity contribution in [2.75, 3.05) is 0 Å². The Morgan fingerprint density at radius 2 is 0.500 bits per heavy atom. The van der Waals surface area contributed by atoms with E-state index in [9.17, 15) is 0 Å². The summed E-state index contributed by atoms with van der Waals surface area (Å²) in [4.78, 5) is 9.94. The standard InChI is InChI=1S/C46H32N2/c1-4-13-33(14-5-1)38-19-10-21-40(29-38)42-23-12-24-43(31-42)41-22-11-20-39(30-41)34-25-27-36(28-26-34)45-32-44(35-15-6-2-7-16-35)47-46(48-45)37-17-8-3-9-18-37/h1-32H. The van der Waals surface area contributed by atoms with Crippen LogP contribution in [0.15, 0.2) is 194 Å². The van der Waals surface area contributed by atoms with Crippen LogP contribution in [0.3, 0.4) is 0 Å². The number of hydrogen-bond donors (Lipinski definition) is 0. The Balaban J connectivity index is 1.09. The van der Waals surface area contributed by atoms with E-state index in [1.807, 2.05) is 36.4 Å². The number of nitrogens with zero attached hydrogens (tertiary/aromatic N) is 2. The molecule has 0 radical (unpaired) electrons. The fraction of sp³-hybridized carbons (Fsp3) is 0. The Kier molecular flexibility index (Phi) is 7.96. The molecular weight excluding hydrogens is 581 g/mol. The van der Waals surface area contributed by atoms with Gasteiger partial charge in [-0.1, -0.05) is 170 Å². The third-order valence-corrected chi connectivity index (χ3v) is 8.70. The van der Waals surface area contributed by atoms with Crippen molar-refractivity contribution in [3.8, 4) is 78.4 Å². The van der Waals surface area contributed by atoms with E-state index in [1.165, 1.54) is 38.9 Å². The molecule has 0 saturated heterocycles. The van der Waals surface area contributed by atoms with Gasteiger partial charge in [0.25, 0.3) is 0 Å². The van der Waals surface area contributed by atoms with Crippen molar-refractivity contribution in [3.63, 3.8) is 0 Å². The summed E-state index contributed by atoms with van der Waals surface area (Å²) >= 11 is 0. The molecule has 0 saturated carbocycles. The predicted octanol–water partition coefficient (Wildman–Crippen LogP) is 12.1. The smallest absolute Gasteiger partial charge is 0.160 e. The van der Waals surface area contributed by atoms with Gasteiger partial charge in [0.15, 0.2) is 5.82 Å². The van der Waals surface area contributed by atoms with Crippen LogP contribution in [0.1, 0.15) is 0 Å². The molecular formula is C46H32N2. The summed E-state index contributed by atoms with van der Waals surface area (Å²) in [5, 5.41) is 0. The van der Waals surface area contributed by atoms with Crippen LogP contribution in [-0.2, 0) is 0 Å². The van der Waals surface area contributed by atoms with Gasteiger partial charge < -0.3 is 0 Å². The van der Waals surface area contributed by atoms with E-state index in [0.717, 1.165) is 39.5 Å². The second-order valence-corrected chi connectivity index (χ2v) is 11.9. The molecule has 8 aromatic rings. The molecule has 0 bridgehead atoms. The number of aromatic nitrogens is 2. The highest BCUT2D eigenvalue weighted by Crippen LogP contribution is 2.33. The zero-order chi connectivity index (χ0) is 32.1. The number of rotatable bonds is 7. The first-order valence-electron chi connectivity index (χ1n) is 16.2. The average molecular weight is 613 g/mol. The van der Waals surface area contributed by atoms with Gasteiger partial charge in [0.2, 0.25) is 0 Å². The topological polar surface area (TPSA) is 25.8 Å². The molecule has 0 aliphatic rings. The molecule has 0 aliphatic heterocycles. The van der Waals surface area contributed by atoms with Crippen LogP contribution >= 0.6 is 0 Å². The van der Waals surface area contributed by atoms with Gasteiger partial charge in [-0.25, -0.2) is 9.97 Å². The first-order chi connectivity index (χ1) is 23.8. The zero-order valence-corrected chi connectivity index (χ0v) is 26.4. The Morgan fingerprint density at radius 3 is 0.938 bits per heavy atom. The van der Waals surface area contributed by atoms with Gasteiger partial charge in [-0.3, -0.25) is 0 Å². The molecule has 1 aromatic heterocycles. The highest BCUT2D eigenvalue weighted by atomic mass is 14.9. The van der Waals surface area contributed by atoms with E-state index in [1.54, 1.807) is 0 Å². The molecule has 0 N–H and O–H groups in total. The minimum absolute atomic E-state index is 0.720. The van der Waals surface area contributed by atoms with Gasteiger partial charge in [-0.05, 0) is 68.8 Å². The van der Waals surface area contributed by atoms with Gasteiger partial charge >= 0.3 is 0 Å². The lowest BCUT2D eigenvalue weighted by Crippen LogP contribution is -1.95. The summed E-state index contributed by atoms with van der Waals surface area (Å²) in [6, 6.07) is 68.2. The summed E-state index contributed by atoms with van der Waals surface area (Å²) in [7, 11) is 0. The van der Waals surface area contributed by atoms with E-state index < -0.39 is 0 Å². The van der Waals surface area contributed by atoms with Crippen molar-refractivity contribution in [1.82, 2.24) is 9.97 Å². The third-order valence-electron chi connectivity index (χ3n) is 8.70. The van der Waals surface area contributed by atoms with Crippen LogP contribution in [-0.4, -0.2) is 9.97 Å². The molecule has 2 nitrogen and oxygen atoms in total. The molecule has 0 fully saturated rings. The van der Waals surface area contributed by atoms with Crippen molar-refractivity contribution >= 4 is 0 Å². The van der Waals surface area contributed by atoms with Gasteiger partial charge in [0, 0.05) is 16.7 Å². The van der Waals surface area contributed by atoms with Crippen molar-refractivity contribution in [2.24, 2.45) is 0 Å². The van der Waals surface area contributed by atoms with E-state index in [4.69, 9.17) is 9.97 Å². The maximum absolute atomic E-state index is 5.00. The molecule has 0 amide bonds. The Morgan fingerprint density at radius 1 is 0.208 bits per heavy atom. The highest BCUT2D eigenvalue weighted by Gasteiger charge is 2.11. The van der Waals surface area contributed by atoms with Crippen LogP contribution in [0.4, 0.5) is 0 Å². The summed E-state index contributed by atoms with van der Waals surface area (Å²) in [6.45, 7) is 0. The van der Waals surface area contributed by atoms with Crippen LogP contribution < -0.4 is 0 Å². The minimum atomic E-state index is 0.720. The van der Waals surface area contributed by atoms with Gasteiger partial charge in [0.1, 0.15) is 0 Å². The first-order valence-corrected chi connectivity index (χ1v) is 16.2. The molecule has 0 spiro atoms. The molecule has 0 aliphatic carbocycles. The summed E-state index contributed by atoms with van der Waals surface area (Å²) < 4.78 is 0. The Bertz CT molecular complexity index is 2250. The van der Waals surface area contributed by atoms with Crippen LogP contribution in [0.25, 0.3) is 78.4 Å². The molecule has 0 unspecified atom stereocenters. The van der Waals surface area contributed by atoms with E-state index >= 15 is 0 Å². The fourth-order valence-corrected chi connectivity index (χ4v) is 6.17. The Hall–Kier alpha value is -6.38. The van der Waals surface area contributed by atoms with E-state index in [-0.39, 0.29) is 0 Å². The van der Waals surface area contributed by atoms with E-state index in [2.05, 4.69) is 158 Å². The lowest BCUT2D eigenvalue weighted by atomic mass is 9.94. The van der Waals surface area contributed by atoms with Crippen molar-refractivity contribution in [2.45, 2.75) is 0 Å². The van der Waals surface area contributed by atoms with Crippen LogP contribution in [0.5, 0.6) is 0 Å². The third kappa shape index (κ3) is 6.20. The van der Waals surface area contributed by atoms with E-state index in [0.29, 0.717) is 0 Å². The second-order valence-electron chi connectivity index (χ2n) is 11.9. The monoisotopic (exact) mass is 612 g/mol. The maximum atomic E-state index is 5.00. The minimum Gasteiger partial charge on any atom is -0.228 e. The molecule has 7 aromatic carbocycles. The maximum Gasteiger partial charge on any atom is 0.160 e. The summed E-state index contributed by atoms with van der Waals surface area (Å²) in [6.07, 6.45) is 0. The lowest BCUT2D eigenvalue weighted by Gasteiger charge is -2.11. The fourth-order valence-electron chi connectivity index (χ4n) is 6.17. The van der Waals surface area contributed by atoms with Crippen LogP contribution in [0, 0.1) is 0 Å². The quantitative estimate of drug-likeness (QED) is 0.179. The van der Waals surface area contributed by atoms with Crippen molar-refractivity contribution in [1.29, 1.82) is 0 Å². The summed E-state index contributed by atoms with van der Waals surface area (Å²) in [5.74, 6) is 0.720. The SMILES string of the molecule is c1ccc(-c2cccc(-c3cccc(-c4cccc(-c5ccc(-c6cc(-c7ccccc7)nc(-c7ccccc7)n6)cc5)c4)c3)c2)cc1. The highest BCUT2D eigenvalue weighted by molar-refractivity contribution is 5.80. The second kappa shape index (κ2) is 13.2. The predicted molar refractivity (Wildman–Crippen MR) is 200 cm³/mol. The zero-order valence-electron chi connectivity index (χ0n) is 26.4. The molecule has 48 heavy (non-hydrogen) atoms. The first kappa shape index (κ1) is 29.1.